The Morgan fingerprint density at radius 2 is 1.96 bits per heavy atom. The Labute approximate surface area is 156 Å². The van der Waals surface area contributed by atoms with Gasteiger partial charge in [-0.05, 0) is 36.8 Å². The highest BCUT2D eigenvalue weighted by atomic mass is 16.5. The van der Waals surface area contributed by atoms with Gasteiger partial charge in [0, 0.05) is 11.3 Å². The molecule has 3 rings (SSSR count). The number of nitrogens with zero attached hydrogens (tertiary/aromatic N) is 1. The summed E-state index contributed by atoms with van der Waals surface area (Å²) in [7, 11) is 1.52. The third kappa shape index (κ3) is 4.14. The van der Waals surface area contributed by atoms with Crippen LogP contribution in [0.4, 0.5) is 10.5 Å². The normalized spacial score (nSPS) is 15.0. The van der Waals surface area contributed by atoms with Gasteiger partial charge in [-0.15, -0.1) is 0 Å². The average Bonchev–Trinajstić information content (AvgIpc) is 2.89. The van der Waals surface area contributed by atoms with E-state index in [4.69, 9.17) is 4.74 Å². The molecule has 1 aliphatic rings. The summed E-state index contributed by atoms with van der Waals surface area (Å²) >= 11 is 0. The number of aryl methyl sites for hydroxylation is 1. The zero-order chi connectivity index (χ0) is 19.4. The quantitative estimate of drug-likeness (QED) is 0.630. The Morgan fingerprint density at radius 1 is 1.19 bits per heavy atom. The molecule has 7 heteroatoms. The maximum atomic E-state index is 12.5. The fraction of sp³-hybridized carbons (Fsp3) is 0.150. The van der Waals surface area contributed by atoms with Crippen LogP contribution in [0.15, 0.2) is 54.2 Å². The van der Waals surface area contributed by atoms with Gasteiger partial charge in [-0.25, -0.2) is 9.69 Å². The Morgan fingerprint density at radius 3 is 2.70 bits per heavy atom. The number of hydrogen-bond acceptors (Lipinski definition) is 4. The first-order valence-corrected chi connectivity index (χ1v) is 8.32. The number of nitrogens with one attached hydrogen (secondary N) is 2. The molecule has 2 aromatic rings. The number of urea groups is 1. The number of imide groups is 1. The third-order valence-corrected chi connectivity index (χ3v) is 4.00. The molecular formula is C20H19N3O4. The van der Waals surface area contributed by atoms with Gasteiger partial charge in [-0.2, -0.15) is 0 Å². The first-order valence-electron chi connectivity index (χ1n) is 8.32. The van der Waals surface area contributed by atoms with Gasteiger partial charge in [0.1, 0.15) is 18.0 Å². The summed E-state index contributed by atoms with van der Waals surface area (Å²) in [5.41, 5.74) is 2.34. The largest absolute Gasteiger partial charge is 0.496 e. The Bertz CT molecular complexity index is 936. The number of rotatable bonds is 5. The van der Waals surface area contributed by atoms with Crippen LogP contribution in [-0.2, 0) is 9.59 Å². The minimum absolute atomic E-state index is 0.0906. The molecule has 0 atom stereocenters. The van der Waals surface area contributed by atoms with E-state index in [2.05, 4.69) is 10.6 Å². The molecule has 0 bridgehead atoms. The van der Waals surface area contributed by atoms with E-state index < -0.39 is 17.8 Å². The topological polar surface area (TPSA) is 87.7 Å². The molecule has 0 radical (unpaired) electrons. The number of ether oxygens (including phenoxy) is 1. The summed E-state index contributed by atoms with van der Waals surface area (Å²) < 4.78 is 5.24. The van der Waals surface area contributed by atoms with Crippen molar-refractivity contribution >= 4 is 29.6 Å². The zero-order valence-electron chi connectivity index (χ0n) is 15.0. The number of amides is 4. The molecule has 138 valence electrons. The smallest absolute Gasteiger partial charge is 0.329 e. The molecule has 0 saturated carbocycles. The summed E-state index contributed by atoms with van der Waals surface area (Å²) in [6, 6.07) is 13.7. The monoisotopic (exact) mass is 365 g/mol. The van der Waals surface area contributed by atoms with Crippen LogP contribution in [0.3, 0.4) is 0 Å². The van der Waals surface area contributed by atoms with Gasteiger partial charge in [0.25, 0.3) is 5.91 Å². The maximum absolute atomic E-state index is 12.5. The predicted molar refractivity (Wildman–Crippen MR) is 101 cm³/mol. The Balaban J connectivity index is 1.72. The first kappa shape index (κ1) is 18.2. The molecule has 2 aromatic carbocycles. The van der Waals surface area contributed by atoms with Crippen molar-refractivity contribution in [2.24, 2.45) is 0 Å². The van der Waals surface area contributed by atoms with Crippen molar-refractivity contribution in [3.63, 3.8) is 0 Å². The number of methoxy groups -OCH3 is 1. The molecule has 0 spiro atoms. The highest BCUT2D eigenvalue weighted by molar-refractivity contribution is 6.16. The van der Waals surface area contributed by atoms with Gasteiger partial charge < -0.3 is 15.4 Å². The van der Waals surface area contributed by atoms with Crippen LogP contribution >= 0.6 is 0 Å². The fourth-order valence-corrected chi connectivity index (χ4v) is 2.72. The molecule has 4 amide bonds. The second kappa shape index (κ2) is 7.74. The minimum atomic E-state index is -0.638. The van der Waals surface area contributed by atoms with Crippen LogP contribution in [-0.4, -0.2) is 36.4 Å². The number of hydrogen-bond donors (Lipinski definition) is 2. The van der Waals surface area contributed by atoms with Crippen molar-refractivity contribution in [2.45, 2.75) is 6.92 Å². The summed E-state index contributed by atoms with van der Waals surface area (Å²) in [5, 5.41) is 5.18. The highest BCUT2D eigenvalue weighted by Crippen LogP contribution is 2.22. The lowest BCUT2D eigenvalue weighted by Gasteiger charge is -2.12. The number of para-hydroxylation sites is 1. The molecule has 7 nitrogen and oxygen atoms in total. The van der Waals surface area contributed by atoms with Gasteiger partial charge in [0.15, 0.2) is 0 Å². The van der Waals surface area contributed by atoms with E-state index in [0.29, 0.717) is 17.0 Å². The Hall–Kier alpha value is -3.61. The van der Waals surface area contributed by atoms with E-state index in [1.165, 1.54) is 13.2 Å². The summed E-state index contributed by atoms with van der Waals surface area (Å²) in [6.45, 7) is 1.53. The van der Waals surface area contributed by atoms with Gasteiger partial charge in [-0.1, -0.05) is 30.3 Å². The van der Waals surface area contributed by atoms with E-state index in [9.17, 15) is 14.4 Å². The van der Waals surface area contributed by atoms with E-state index >= 15 is 0 Å². The molecular weight excluding hydrogens is 346 g/mol. The van der Waals surface area contributed by atoms with Crippen LogP contribution in [0.2, 0.25) is 0 Å². The molecule has 1 fully saturated rings. The minimum Gasteiger partial charge on any atom is -0.496 e. The molecule has 27 heavy (non-hydrogen) atoms. The lowest BCUT2D eigenvalue weighted by molar-refractivity contribution is -0.127. The number of anilines is 1. The summed E-state index contributed by atoms with van der Waals surface area (Å²) in [5.74, 6) is -0.448. The fourth-order valence-electron chi connectivity index (χ4n) is 2.72. The van der Waals surface area contributed by atoms with Crippen molar-refractivity contribution in [3.05, 3.63) is 65.4 Å². The van der Waals surface area contributed by atoms with E-state index in [1.807, 2.05) is 19.1 Å². The number of carbonyl (C=O) groups is 3. The molecule has 0 unspecified atom stereocenters. The third-order valence-electron chi connectivity index (χ3n) is 4.00. The molecule has 1 heterocycles. The Kier molecular flexibility index (Phi) is 5.21. The van der Waals surface area contributed by atoms with Gasteiger partial charge in [0.05, 0.1) is 7.11 Å². The summed E-state index contributed by atoms with van der Waals surface area (Å²) in [4.78, 5) is 37.7. The second-order valence-electron chi connectivity index (χ2n) is 6.04. The van der Waals surface area contributed by atoms with Crippen molar-refractivity contribution in [1.29, 1.82) is 0 Å². The standard InChI is InChI=1S/C20H19N3O4/c1-13-6-5-8-15(10-13)21-18(24)12-23-19(25)16(22-20(23)26)11-14-7-3-4-9-17(14)27-2/h3-11H,12H2,1-2H3,(H,21,24)(H,22,26)/b16-11-. The van der Waals surface area contributed by atoms with E-state index in [-0.39, 0.29) is 12.2 Å². The van der Waals surface area contributed by atoms with Crippen LogP contribution in [0.1, 0.15) is 11.1 Å². The predicted octanol–water partition coefficient (Wildman–Crippen LogP) is 2.54. The lowest BCUT2D eigenvalue weighted by Crippen LogP contribution is -2.38. The molecule has 1 saturated heterocycles. The number of benzene rings is 2. The molecule has 1 aliphatic heterocycles. The van der Waals surface area contributed by atoms with Crippen molar-refractivity contribution in [1.82, 2.24) is 10.2 Å². The molecule has 2 N–H and O–H groups in total. The lowest BCUT2D eigenvalue weighted by atomic mass is 10.1. The van der Waals surface area contributed by atoms with Crippen LogP contribution < -0.4 is 15.4 Å². The van der Waals surface area contributed by atoms with Crippen molar-refractivity contribution in [3.8, 4) is 5.75 Å². The van der Waals surface area contributed by atoms with Gasteiger partial charge >= 0.3 is 6.03 Å². The second-order valence-corrected chi connectivity index (χ2v) is 6.04. The molecule has 0 aliphatic carbocycles. The van der Waals surface area contributed by atoms with Crippen LogP contribution in [0, 0.1) is 6.92 Å². The van der Waals surface area contributed by atoms with Crippen LogP contribution in [0.5, 0.6) is 5.75 Å². The van der Waals surface area contributed by atoms with Gasteiger partial charge in [-0.3, -0.25) is 9.59 Å². The summed E-state index contributed by atoms with van der Waals surface area (Å²) in [6.07, 6.45) is 1.53. The van der Waals surface area contributed by atoms with E-state index in [1.54, 1.807) is 36.4 Å². The first-order chi connectivity index (χ1) is 13.0. The zero-order valence-corrected chi connectivity index (χ0v) is 15.0. The molecule has 0 aromatic heterocycles. The average molecular weight is 365 g/mol. The van der Waals surface area contributed by atoms with Crippen molar-refractivity contribution in [2.75, 3.05) is 19.0 Å². The van der Waals surface area contributed by atoms with Crippen molar-refractivity contribution < 1.29 is 19.1 Å². The van der Waals surface area contributed by atoms with E-state index in [0.717, 1.165) is 10.5 Å². The SMILES string of the molecule is COc1ccccc1/C=C1\NC(=O)N(CC(=O)Nc2cccc(C)c2)C1=O. The van der Waals surface area contributed by atoms with Crippen LogP contribution in [0.25, 0.3) is 6.08 Å². The highest BCUT2D eigenvalue weighted by Gasteiger charge is 2.35. The van der Waals surface area contributed by atoms with Gasteiger partial charge in [0.2, 0.25) is 5.91 Å². The number of carbonyl (C=O) groups excluding carboxylic acids is 3. The maximum Gasteiger partial charge on any atom is 0.329 e.